The van der Waals surface area contributed by atoms with Crippen LogP contribution in [0.2, 0.25) is 0 Å². The maximum atomic E-state index is 13.3. The van der Waals surface area contributed by atoms with Crippen molar-refractivity contribution >= 4 is 17.0 Å². The highest BCUT2D eigenvalue weighted by Gasteiger charge is 2.42. The van der Waals surface area contributed by atoms with Gasteiger partial charge in [0.1, 0.15) is 5.52 Å². The summed E-state index contributed by atoms with van der Waals surface area (Å²) in [7, 11) is 0. The van der Waals surface area contributed by atoms with Gasteiger partial charge in [-0.1, -0.05) is 32.0 Å². The van der Waals surface area contributed by atoms with Crippen LogP contribution < -0.4 is 5.56 Å². The van der Waals surface area contributed by atoms with Crippen molar-refractivity contribution in [2.75, 3.05) is 13.1 Å². The fourth-order valence-corrected chi connectivity index (χ4v) is 5.18. The van der Waals surface area contributed by atoms with Crippen LogP contribution in [0.4, 0.5) is 0 Å². The minimum atomic E-state index is -0.157. The van der Waals surface area contributed by atoms with Crippen molar-refractivity contribution in [3.8, 4) is 0 Å². The fourth-order valence-electron chi connectivity index (χ4n) is 5.18. The number of aromatic nitrogens is 2. The summed E-state index contributed by atoms with van der Waals surface area (Å²) in [5, 5.41) is 0. The first kappa shape index (κ1) is 19.1. The second kappa shape index (κ2) is 7.42. The van der Waals surface area contributed by atoms with Gasteiger partial charge in [-0.05, 0) is 49.3 Å². The summed E-state index contributed by atoms with van der Waals surface area (Å²) in [6, 6.07) is 13.1. The molecule has 1 saturated heterocycles. The van der Waals surface area contributed by atoms with Gasteiger partial charge in [-0.3, -0.25) is 9.59 Å². The quantitative estimate of drug-likeness (QED) is 0.652. The Morgan fingerprint density at radius 1 is 1.17 bits per heavy atom. The van der Waals surface area contributed by atoms with Gasteiger partial charge in [0.05, 0.1) is 0 Å². The lowest BCUT2D eigenvalue weighted by atomic mass is 9.76. The summed E-state index contributed by atoms with van der Waals surface area (Å²) in [4.78, 5) is 32.3. The molecule has 2 bridgehead atoms. The van der Waals surface area contributed by atoms with Gasteiger partial charge in [-0.25, -0.2) is 4.98 Å². The Kier molecular flexibility index (Phi) is 4.72. The van der Waals surface area contributed by atoms with Gasteiger partial charge in [0.15, 0.2) is 5.58 Å². The molecular formula is C24H27N3O3. The molecule has 3 atom stereocenters. The van der Waals surface area contributed by atoms with Gasteiger partial charge in [-0.2, -0.15) is 0 Å². The number of para-hydroxylation sites is 2. The number of oxazole rings is 1. The molecule has 0 unspecified atom stereocenters. The normalized spacial score (nSPS) is 23.0. The first-order chi connectivity index (χ1) is 14.5. The first-order valence-corrected chi connectivity index (χ1v) is 10.9. The molecule has 5 rings (SSSR count). The lowest BCUT2D eigenvalue weighted by molar-refractivity contribution is 0.0480. The smallest absolute Gasteiger partial charge is 0.309 e. The van der Waals surface area contributed by atoms with E-state index < -0.39 is 0 Å². The van der Waals surface area contributed by atoms with Crippen LogP contribution in [-0.2, 0) is 0 Å². The highest BCUT2D eigenvalue weighted by molar-refractivity contribution is 5.92. The predicted octanol–water partition coefficient (Wildman–Crippen LogP) is 4.23. The SMILES string of the molecule is CC(C)CC[C@H]1[C@H]2C[C@H](CN(C(=O)c3nc4ccccc4o3)C2)c2cccc(=O)n21. The molecule has 0 spiro atoms. The lowest BCUT2D eigenvalue weighted by Crippen LogP contribution is -2.51. The molecule has 0 N–H and O–H groups in total. The Morgan fingerprint density at radius 3 is 2.80 bits per heavy atom. The van der Waals surface area contributed by atoms with Crippen molar-refractivity contribution in [1.82, 2.24) is 14.5 Å². The van der Waals surface area contributed by atoms with Crippen LogP contribution in [0.3, 0.4) is 0 Å². The molecule has 0 radical (unpaired) electrons. The molecule has 2 aromatic heterocycles. The number of rotatable bonds is 4. The number of likely N-dealkylation sites (tertiary alicyclic amines) is 1. The van der Waals surface area contributed by atoms with E-state index in [1.807, 2.05) is 39.8 Å². The summed E-state index contributed by atoms with van der Waals surface area (Å²) < 4.78 is 7.76. The zero-order valence-corrected chi connectivity index (χ0v) is 17.5. The molecule has 2 aliphatic heterocycles. The third kappa shape index (κ3) is 3.24. The monoisotopic (exact) mass is 405 g/mol. The molecule has 0 aliphatic carbocycles. The number of piperidine rings is 1. The van der Waals surface area contributed by atoms with Gasteiger partial charge in [0, 0.05) is 36.8 Å². The number of amides is 1. The second-order valence-corrected chi connectivity index (χ2v) is 9.09. The molecule has 30 heavy (non-hydrogen) atoms. The van der Waals surface area contributed by atoms with Crippen molar-refractivity contribution in [3.63, 3.8) is 0 Å². The summed E-state index contributed by atoms with van der Waals surface area (Å²) in [5.74, 6) is 1.01. The molecule has 1 amide bonds. The minimum absolute atomic E-state index is 0.0784. The van der Waals surface area contributed by atoms with Gasteiger partial charge >= 0.3 is 5.91 Å². The van der Waals surface area contributed by atoms with E-state index in [0.717, 1.165) is 25.0 Å². The zero-order chi connectivity index (χ0) is 20.8. The fraction of sp³-hybridized carbons (Fsp3) is 0.458. The summed E-state index contributed by atoms with van der Waals surface area (Å²) in [6.45, 7) is 5.65. The molecule has 1 aromatic carbocycles. The number of nitrogens with zero attached hydrogens (tertiary/aromatic N) is 3. The van der Waals surface area contributed by atoms with Gasteiger partial charge in [-0.15, -0.1) is 0 Å². The number of carbonyl (C=O) groups excluding carboxylic acids is 1. The van der Waals surface area contributed by atoms with E-state index >= 15 is 0 Å². The zero-order valence-electron chi connectivity index (χ0n) is 17.5. The maximum absolute atomic E-state index is 13.3. The third-order valence-corrected chi connectivity index (χ3v) is 6.60. The van der Waals surface area contributed by atoms with E-state index in [0.29, 0.717) is 30.1 Å². The summed E-state index contributed by atoms with van der Waals surface area (Å²) in [5.41, 5.74) is 2.46. The van der Waals surface area contributed by atoms with Crippen molar-refractivity contribution in [2.45, 2.75) is 45.1 Å². The molecule has 6 nitrogen and oxygen atoms in total. The van der Waals surface area contributed by atoms with Crippen LogP contribution in [0.5, 0.6) is 0 Å². The first-order valence-electron chi connectivity index (χ1n) is 10.9. The van der Waals surface area contributed by atoms with E-state index in [-0.39, 0.29) is 35.2 Å². The van der Waals surface area contributed by atoms with E-state index in [1.165, 1.54) is 0 Å². The van der Waals surface area contributed by atoms with Crippen LogP contribution in [0, 0.1) is 11.8 Å². The summed E-state index contributed by atoms with van der Waals surface area (Å²) in [6.07, 6.45) is 3.03. The van der Waals surface area contributed by atoms with E-state index in [4.69, 9.17) is 4.42 Å². The average molecular weight is 405 g/mol. The number of hydrogen-bond acceptors (Lipinski definition) is 4. The number of benzene rings is 1. The maximum Gasteiger partial charge on any atom is 0.309 e. The van der Waals surface area contributed by atoms with Gasteiger partial charge < -0.3 is 13.9 Å². The Bertz CT molecular complexity index is 1110. The van der Waals surface area contributed by atoms with Crippen LogP contribution in [0.25, 0.3) is 11.1 Å². The Morgan fingerprint density at radius 2 is 2.00 bits per heavy atom. The molecular weight excluding hydrogens is 378 g/mol. The van der Waals surface area contributed by atoms with Crippen LogP contribution in [0.1, 0.15) is 61.4 Å². The van der Waals surface area contributed by atoms with E-state index in [9.17, 15) is 9.59 Å². The Labute approximate surface area is 175 Å². The topological polar surface area (TPSA) is 68.3 Å². The Balaban J connectivity index is 1.47. The predicted molar refractivity (Wildman–Crippen MR) is 115 cm³/mol. The number of hydrogen-bond donors (Lipinski definition) is 0. The number of pyridine rings is 1. The summed E-state index contributed by atoms with van der Waals surface area (Å²) >= 11 is 0. The van der Waals surface area contributed by atoms with Crippen molar-refractivity contribution in [1.29, 1.82) is 0 Å². The van der Waals surface area contributed by atoms with E-state index in [2.05, 4.69) is 24.9 Å². The highest BCUT2D eigenvalue weighted by Crippen LogP contribution is 2.43. The van der Waals surface area contributed by atoms with Crippen LogP contribution >= 0.6 is 0 Å². The average Bonchev–Trinajstić information content (AvgIpc) is 3.17. The van der Waals surface area contributed by atoms with Crippen molar-refractivity contribution in [2.24, 2.45) is 11.8 Å². The Hall–Kier alpha value is -2.89. The lowest BCUT2D eigenvalue weighted by Gasteiger charge is -2.47. The highest BCUT2D eigenvalue weighted by atomic mass is 16.4. The van der Waals surface area contributed by atoms with Gasteiger partial charge in [0.25, 0.3) is 11.4 Å². The molecule has 156 valence electrons. The van der Waals surface area contributed by atoms with Crippen molar-refractivity contribution in [3.05, 3.63) is 64.4 Å². The molecule has 3 aromatic rings. The van der Waals surface area contributed by atoms with Gasteiger partial charge in [0.2, 0.25) is 0 Å². The molecule has 2 aliphatic rings. The van der Waals surface area contributed by atoms with E-state index in [1.54, 1.807) is 6.07 Å². The molecule has 1 fully saturated rings. The third-order valence-electron chi connectivity index (χ3n) is 6.60. The molecule has 4 heterocycles. The standard InChI is InChI=1S/C24H27N3O3/c1-15(2)10-11-20-17-12-16(19-7-5-9-22(28)27(19)20)13-26(14-17)24(29)23-25-18-6-3-4-8-21(18)30-23/h3-9,15-17,20H,10-14H2,1-2H3/t16-,17+,20+/m1/s1. The second-order valence-electron chi connectivity index (χ2n) is 9.09. The van der Waals surface area contributed by atoms with Crippen LogP contribution in [0.15, 0.2) is 51.7 Å². The largest absolute Gasteiger partial charge is 0.432 e. The van der Waals surface area contributed by atoms with Crippen LogP contribution in [-0.4, -0.2) is 33.4 Å². The van der Waals surface area contributed by atoms with Crippen molar-refractivity contribution < 1.29 is 9.21 Å². The number of fused-ring (bicyclic) bond motifs is 5. The molecule has 0 saturated carbocycles. The molecule has 6 heteroatoms. The number of carbonyl (C=O) groups is 1. The minimum Gasteiger partial charge on any atom is -0.432 e.